The van der Waals surface area contributed by atoms with Gasteiger partial charge in [-0.05, 0) is 12.1 Å². The fraction of sp³-hybridized carbons (Fsp3) is 0.400. The van der Waals surface area contributed by atoms with Crippen molar-refractivity contribution in [2.24, 2.45) is 0 Å². The van der Waals surface area contributed by atoms with Gasteiger partial charge in [-0.1, -0.05) is 27.5 Å². The van der Waals surface area contributed by atoms with Gasteiger partial charge in [-0.3, -0.25) is 0 Å². The molecule has 5 heteroatoms. The van der Waals surface area contributed by atoms with Crippen molar-refractivity contribution in [3.8, 4) is 0 Å². The number of halogens is 2. The first kappa shape index (κ1) is 11.0. The van der Waals surface area contributed by atoms with Crippen molar-refractivity contribution >= 4 is 38.9 Å². The third-order valence-electron chi connectivity index (χ3n) is 2.38. The second kappa shape index (κ2) is 4.60. The summed E-state index contributed by atoms with van der Waals surface area (Å²) in [6, 6.07) is 3.74. The van der Waals surface area contributed by atoms with E-state index in [-0.39, 0.29) is 0 Å². The summed E-state index contributed by atoms with van der Waals surface area (Å²) in [6.07, 6.45) is 0. The number of nitrogen functional groups attached to an aromatic ring is 1. The van der Waals surface area contributed by atoms with Crippen LogP contribution in [0, 0.1) is 0 Å². The average Bonchev–Trinajstić information content (AvgIpc) is 2.17. The molecule has 0 bridgehead atoms. The Morgan fingerprint density at radius 3 is 2.60 bits per heavy atom. The highest BCUT2D eigenvalue weighted by Crippen LogP contribution is 2.35. The first-order chi connectivity index (χ1) is 7.18. The van der Waals surface area contributed by atoms with E-state index >= 15 is 0 Å². The van der Waals surface area contributed by atoms with Crippen LogP contribution in [0.25, 0.3) is 0 Å². The van der Waals surface area contributed by atoms with Crippen LogP contribution < -0.4 is 10.6 Å². The van der Waals surface area contributed by atoms with Crippen LogP contribution in [0.4, 0.5) is 11.4 Å². The summed E-state index contributed by atoms with van der Waals surface area (Å²) in [5.41, 5.74) is 7.58. The van der Waals surface area contributed by atoms with Crippen molar-refractivity contribution in [2.75, 3.05) is 36.9 Å². The maximum atomic E-state index is 6.18. The first-order valence-electron chi connectivity index (χ1n) is 4.75. The molecule has 15 heavy (non-hydrogen) atoms. The second-order valence-electron chi connectivity index (χ2n) is 3.42. The van der Waals surface area contributed by atoms with Crippen LogP contribution in [0.5, 0.6) is 0 Å². The van der Waals surface area contributed by atoms with Crippen molar-refractivity contribution in [2.45, 2.75) is 0 Å². The number of nitrogens with two attached hydrogens (primary N) is 1. The van der Waals surface area contributed by atoms with Gasteiger partial charge in [0.1, 0.15) is 0 Å². The Labute approximate surface area is 102 Å². The third-order valence-corrected chi connectivity index (χ3v) is 3.13. The predicted molar refractivity (Wildman–Crippen MR) is 66.6 cm³/mol. The van der Waals surface area contributed by atoms with Crippen LogP contribution in [0.3, 0.4) is 0 Å². The van der Waals surface area contributed by atoms with E-state index in [1.165, 1.54) is 0 Å². The molecule has 0 unspecified atom stereocenters. The Kier molecular flexibility index (Phi) is 3.38. The lowest BCUT2D eigenvalue weighted by molar-refractivity contribution is 0.123. The molecule has 0 aliphatic carbocycles. The standard InChI is InChI=1S/C10H12BrClN2O/c11-7-5-8(12)10(9(13)6-7)14-1-3-15-4-2-14/h5-6H,1-4,13H2. The van der Waals surface area contributed by atoms with Gasteiger partial charge in [0.15, 0.2) is 0 Å². The van der Waals surface area contributed by atoms with E-state index in [2.05, 4.69) is 20.8 Å². The van der Waals surface area contributed by atoms with E-state index in [0.29, 0.717) is 10.7 Å². The van der Waals surface area contributed by atoms with E-state index in [0.717, 1.165) is 36.5 Å². The van der Waals surface area contributed by atoms with Crippen LogP contribution in [0.2, 0.25) is 5.02 Å². The van der Waals surface area contributed by atoms with Gasteiger partial charge in [0.05, 0.1) is 29.6 Å². The van der Waals surface area contributed by atoms with Crippen LogP contribution in [-0.2, 0) is 4.74 Å². The Morgan fingerprint density at radius 1 is 1.33 bits per heavy atom. The molecule has 1 aliphatic rings. The molecule has 0 radical (unpaired) electrons. The number of morpholine rings is 1. The zero-order chi connectivity index (χ0) is 10.8. The van der Waals surface area contributed by atoms with E-state index in [1.54, 1.807) is 0 Å². The number of hydrogen-bond donors (Lipinski definition) is 1. The summed E-state index contributed by atoms with van der Waals surface area (Å²) in [5.74, 6) is 0. The predicted octanol–water partition coefficient (Wildman–Crippen LogP) is 2.52. The normalized spacial score (nSPS) is 16.8. The molecule has 0 aromatic heterocycles. The zero-order valence-electron chi connectivity index (χ0n) is 8.17. The summed E-state index contributed by atoms with van der Waals surface area (Å²) in [6.45, 7) is 3.13. The van der Waals surface area contributed by atoms with Gasteiger partial charge < -0.3 is 15.4 Å². The molecular formula is C10H12BrClN2O. The molecule has 82 valence electrons. The molecule has 2 N–H and O–H groups in total. The largest absolute Gasteiger partial charge is 0.397 e. The lowest BCUT2D eigenvalue weighted by Crippen LogP contribution is -2.36. The molecule has 0 saturated carbocycles. The molecule has 1 saturated heterocycles. The second-order valence-corrected chi connectivity index (χ2v) is 4.75. The number of benzene rings is 1. The highest BCUT2D eigenvalue weighted by atomic mass is 79.9. The highest BCUT2D eigenvalue weighted by molar-refractivity contribution is 9.10. The summed E-state index contributed by atoms with van der Waals surface area (Å²) in [7, 11) is 0. The fourth-order valence-electron chi connectivity index (χ4n) is 1.71. The molecule has 1 aromatic carbocycles. The van der Waals surface area contributed by atoms with Crippen LogP contribution in [0.15, 0.2) is 16.6 Å². The average molecular weight is 292 g/mol. The maximum absolute atomic E-state index is 6.18. The Bertz CT molecular complexity index is 343. The van der Waals surface area contributed by atoms with Crippen molar-refractivity contribution in [1.82, 2.24) is 0 Å². The van der Waals surface area contributed by atoms with Crippen molar-refractivity contribution < 1.29 is 4.74 Å². The number of nitrogens with zero attached hydrogens (tertiary/aromatic N) is 1. The minimum absolute atomic E-state index is 0.684. The first-order valence-corrected chi connectivity index (χ1v) is 5.93. The number of anilines is 2. The van der Waals surface area contributed by atoms with Crippen LogP contribution in [0.1, 0.15) is 0 Å². The Hall–Kier alpha value is -0.450. The van der Waals surface area contributed by atoms with Crippen LogP contribution in [-0.4, -0.2) is 26.3 Å². The van der Waals surface area contributed by atoms with Crippen molar-refractivity contribution in [3.63, 3.8) is 0 Å². The van der Waals surface area contributed by atoms with Gasteiger partial charge in [0, 0.05) is 17.6 Å². The molecule has 1 heterocycles. The van der Waals surface area contributed by atoms with Gasteiger partial charge in [-0.15, -0.1) is 0 Å². The number of ether oxygens (including phenoxy) is 1. The van der Waals surface area contributed by atoms with Gasteiger partial charge in [0.25, 0.3) is 0 Å². The highest BCUT2D eigenvalue weighted by Gasteiger charge is 2.17. The van der Waals surface area contributed by atoms with E-state index < -0.39 is 0 Å². The molecule has 0 spiro atoms. The molecule has 1 aliphatic heterocycles. The lowest BCUT2D eigenvalue weighted by atomic mass is 10.2. The Morgan fingerprint density at radius 2 is 2.00 bits per heavy atom. The van der Waals surface area contributed by atoms with Crippen molar-refractivity contribution in [3.05, 3.63) is 21.6 Å². The molecule has 1 aromatic rings. The van der Waals surface area contributed by atoms with Gasteiger partial charge >= 0.3 is 0 Å². The van der Waals surface area contributed by atoms with Gasteiger partial charge in [0.2, 0.25) is 0 Å². The number of rotatable bonds is 1. The summed E-state index contributed by atoms with van der Waals surface area (Å²) >= 11 is 9.54. The van der Waals surface area contributed by atoms with E-state index in [1.807, 2.05) is 12.1 Å². The molecule has 0 amide bonds. The fourth-order valence-corrected chi connectivity index (χ4v) is 2.66. The third kappa shape index (κ3) is 2.38. The molecular weight excluding hydrogens is 279 g/mol. The molecule has 1 fully saturated rings. The molecule has 2 rings (SSSR count). The quantitative estimate of drug-likeness (QED) is 0.808. The lowest BCUT2D eigenvalue weighted by Gasteiger charge is -2.30. The van der Waals surface area contributed by atoms with E-state index in [4.69, 9.17) is 22.1 Å². The minimum Gasteiger partial charge on any atom is -0.397 e. The number of hydrogen-bond acceptors (Lipinski definition) is 3. The Balaban J connectivity index is 2.33. The molecule has 3 nitrogen and oxygen atoms in total. The summed E-state index contributed by atoms with van der Waals surface area (Å²) in [5, 5.41) is 0.684. The minimum atomic E-state index is 0.684. The summed E-state index contributed by atoms with van der Waals surface area (Å²) < 4.78 is 6.19. The summed E-state index contributed by atoms with van der Waals surface area (Å²) in [4.78, 5) is 2.16. The molecule has 0 atom stereocenters. The topological polar surface area (TPSA) is 38.5 Å². The van der Waals surface area contributed by atoms with Gasteiger partial charge in [-0.25, -0.2) is 0 Å². The SMILES string of the molecule is Nc1cc(Br)cc(Cl)c1N1CCOCC1. The van der Waals surface area contributed by atoms with Crippen LogP contribution >= 0.6 is 27.5 Å². The van der Waals surface area contributed by atoms with Gasteiger partial charge in [-0.2, -0.15) is 0 Å². The smallest absolute Gasteiger partial charge is 0.0791 e. The maximum Gasteiger partial charge on any atom is 0.0791 e. The zero-order valence-corrected chi connectivity index (χ0v) is 10.5. The van der Waals surface area contributed by atoms with Crippen molar-refractivity contribution in [1.29, 1.82) is 0 Å². The van der Waals surface area contributed by atoms with E-state index in [9.17, 15) is 0 Å². The monoisotopic (exact) mass is 290 g/mol.